The molecule has 4 rings (SSSR count). The van der Waals surface area contributed by atoms with E-state index < -0.39 is 0 Å². The number of carbonyl (C=O) groups is 2. The van der Waals surface area contributed by atoms with Gasteiger partial charge in [-0.15, -0.1) is 0 Å². The number of rotatable bonds is 0. The van der Waals surface area contributed by atoms with Gasteiger partial charge in [-0.1, -0.05) is 0 Å². The Hall–Kier alpha value is -0.940. The van der Waals surface area contributed by atoms with Crippen molar-refractivity contribution >= 4 is 11.7 Å². The fraction of sp³-hybridized carbons (Fsp3) is 0.867. The first-order valence-corrected chi connectivity index (χ1v) is 7.90. The van der Waals surface area contributed by atoms with Gasteiger partial charge in [-0.05, 0) is 25.7 Å². The molecular formula is C15H22N2O3. The topological polar surface area (TPSA) is 60.9 Å². The number of amides is 1. The second kappa shape index (κ2) is 4.53. The van der Waals surface area contributed by atoms with E-state index in [0.29, 0.717) is 25.3 Å². The first-order valence-electron chi connectivity index (χ1n) is 7.90. The molecular weight excluding hydrogens is 256 g/mol. The Morgan fingerprint density at radius 2 is 1.75 bits per heavy atom. The maximum atomic E-state index is 12.7. The Labute approximate surface area is 118 Å². The number of carbonyl (C=O) groups excluding carboxylic acids is 2. The fourth-order valence-electron chi connectivity index (χ4n) is 4.85. The van der Waals surface area contributed by atoms with E-state index in [-0.39, 0.29) is 35.9 Å². The van der Waals surface area contributed by atoms with Gasteiger partial charge in [0.15, 0.2) is 0 Å². The number of aliphatic hydroxyl groups excluding tert-OH is 1. The van der Waals surface area contributed by atoms with Crippen LogP contribution in [-0.4, -0.2) is 64.4 Å². The van der Waals surface area contributed by atoms with Crippen LogP contribution in [0.5, 0.6) is 0 Å². The number of Topliss-reactive ketones (excluding diaryl/α,β-unsaturated/α-hetero) is 1. The quantitative estimate of drug-likeness (QED) is 0.679. The Morgan fingerprint density at radius 3 is 2.60 bits per heavy atom. The number of ketones is 1. The number of piperidine rings is 4. The van der Waals surface area contributed by atoms with Gasteiger partial charge < -0.3 is 10.0 Å². The highest BCUT2D eigenvalue weighted by molar-refractivity contribution is 5.90. The van der Waals surface area contributed by atoms with E-state index in [9.17, 15) is 14.7 Å². The van der Waals surface area contributed by atoms with Gasteiger partial charge in [0, 0.05) is 38.1 Å². The zero-order valence-corrected chi connectivity index (χ0v) is 11.7. The second-order valence-electron chi connectivity index (χ2n) is 6.87. The summed E-state index contributed by atoms with van der Waals surface area (Å²) >= 11 is 0. The first kappa shape index (κ1) is 12.8. The average molecular weight is 278 g/mol. The van der Waals surface area contributed by atoms with E-state index >= 15 is 0 Å². The van der Waals surface area contributed by atoms with Crippen molar-refractivity contribution in [3.05, 3.63) is 0 Å². The van der Waals surface area contributed by atoms with Crippen LogP contribution < -0.4 is 0 Å². The number of nitrogens with zero attached hydrogens (tertiary/aromatic N) is 2. The lowest BCUT2D eigenvalue weighted by atomic mass is 9.69. The molecule has 4 heterocycles. The lowest BCUT2D eigenvalue weighted by Crippen LogP contribution is -2.69. The number of aliphatic hydroxyl groups is 1. The molecule has 5 nitrogen and oxygen atoms in total. The van der Waals surface area contributed by atoms with Crippen LogP contribution in [0, 0.1) is 11.8 Å². The van der Waals surface area contributed by atoms with Gasteiger partial charge in [-0.3, -0.25) is 14.5 Å². The highest BCUT2D eigenvalue weighted by atomic mass is 16.3. The molecule has 4 aliphatic heterocycles. The van der Waals surface area contributed by atoms with Gasteiger partial charge >= 0.3 is 0 Å². The zero-order valence-electron chi connectivity index (χ0n) is 11.7. The van der Waals surface area contributed by atoms with Gasteiger partial charge in [0.05, 0.1) is 17.9 Å². The van der Waals surface area contributed by atoms with Gasteiger partial charge in [0.2, 0.25) is 5.91 Å². The molecule has 5 heteroatoms. The molecule has 4 saturated heterocycles. The maximum absolute atomic E-state index is 12.7. The molecule has 20 heavy (non-hydrogen) atoms. The second-order valence-corrected chi connectivity index (χ2v) is 6.87. The summed E-state index contributed by atoms with van der Waals surface area (Å²) < 4.78 is 0. The van der Waals surface area contributed by atoms with E-state index in [1.807, 2.05) is 4.90 Å². The summed E-state index contributed by atoms with van der Waals surface area (Å²) in [4.78, 5) is 29.1. The molecule has 0 saturated carbocycles. The molecule has 5 atom stereocenters. The van der Waals surface area contributed by atoms with E-state index in [1.165, 1.54) is 0 Å². The molecule has 0 aromatic carbocycles. The summed E-state index contributed by atoms with van der Waals surface area (Å²) in [5, 5.41) is 9.86. The van der Waals surface area contributed by atoms with Gasteiger partial charge in [-0.25, -0.2) is 0 Å². The Bertz CT molecular complexity index is 448. The zero-order chi connectivity index (χ0) is 13.9. The average Bonchev–Trinajstić information content (AvgIpc) is 2.41. The van der Waals surface area contributed by atoms with Crippen molar-refractivity contribution in [2.75, 3.05) is 19.6 Å². The normalized spacial score (nSPS) is 45.0. The highest BCUT2D eigenvalue weighted by Gasteiger charge is 2.53. The molecule has 2 bridgehead atoms. The smallest absolute Gasteiger partial charge is 0.222 e. The van der Waals surface area contributed by atoms with Crippen molar-refractivity contribution in [1.29, 1.82) is 0 Å². The molecule has 4 fully saturated rings. The van der Waals surface area contributed by atoms with Crippen molar-refractivity contribution in [2.45, 2.75) is 50.3 Å². The van der Waals surface area contributed by atoms with Crippen molar-refractivity contribution in [3.8, 4) is 0 Å². The molecule has 0 radical (unpaired) electrons. The minimum atomic E-state index is -0.246. The minimum Gasteiger partial charge on any atom is -0.392 e. The standard InChI is InChI=1S/C15H22N2O3/c18-9-4-5-12-11-8-17-13(2-1-3-14(17)19)10(15(11)20)7-16(12)6-9/h9-13,18H,1-8H2. The van der Waals surface area contributed by atoms with E-state index in [4.69, 9.17) is 0 Å². The number of fused-ring (bicyclic) bond motifs is 6. The summed E-state index contributed by atoms with van der Waals surface area (Å²) in [5.74, 6) is 0.603. The van der Waals surface area contributed by atoms with Crippen LogP contribution in [0.4, 0.5) is 0 Å². The molecule has 0 aliphatic carbocycles. The molecule has 110 valence electrons. The Morgan fingerprint density at radius 1 is 0.950 bits per heavy atom. The van der Waals surface area contributed by atoms with E-state index in [2.05, 4.69) is 4.90 Å². The van der Waals surface area contributed by atoms with Crippen LogP contribution >= 0.6 is 0 Å². The summed E-state index contributed by atoms with van der Waals surface area (Å²) in [5.41, 5.74) is 0. The summed E-state index contributed by atoms with van der Waals surface area (Å²) in [6.45, 7) is 2.06. The van der Waals surface area contributed by atoms with Crippen molar-refractivity contribution in [1.82, 2.24) is 9.80 Å². The Balaban J connectivity index is 1.64. The molecule has 5 unspecified atom stereocenters. The largest absolute Gasteiger partial charge is 0.392 e. The van der Waals surface area contributed by atoms with Gasteiger partial charge in [-0.2, -0.15) is 0 Å². The molecule has 0 aromatic rings. The monoisotopic (exact) mass is 278 g/mol. The third-order valence-corrected chi connectivity index (χ3v) is 5.81. The van der Waals surface area contributed by atoms with Crippen LogP contribution in [-0.2, 0) is 9.59 Å². The minimum absolute atomic E-state index is 0.0143. The van der Waals surface area contributed by atoms with Crippen LogP contribution in [0.1, 0.15) is 32.1 Å². The predicted octanol–water partition coefficient (Wildman–Crippen LogP) is 0.0215. The first-order chi connectivity index (χ1) is 9.65. The lowest BCUT2D eigenvalue weighted by Gasteiger charge is -2.56. The molecule has 1 amide bonds. The van der Waals surface area contributed by atoms with E-state index in [0.717, 1.165) is 32.2 Å². The highest BCUT2D eigenvalue weighted by Crippen LogP contribution is 2.40. The van der Waals surface area contributed by atoms with Gasteiger partial charge in [0.1, 0.15) is 5.78 Å². The van der Waals surface area contributed by atoms with E-state index in [1.54, 1.807) is 0 Å². The van der Waals surface area contributed by atoms with Crippen LogP contribution in [0.2, 0.25) is 0 Å². The predicted molar refractivity (Wildman–Crippen MR) is 71.9 cm³/mol. The maximum Gasteiger partial charge on any atom is 0.222 e. The summed E-state index contributed by atoms with van der Waals surface area (Å²) in [6, 6.07) is 0.373. The summed E-state index contributed by atoms with van der Waals surface area (Å²) in [7, 11) is 0. The molecule has 0 aromatic heterocycles. The fourth-order valence-corrected chi connectivity index (χ4v) is 4.85. The molecule has 4 aliphatic rings. The van der Waals surface area contributed by atoms with Crippen molar-refractivity contribution in [2.24, 2.45) is 11.8 Å². The van der Waals surface area contributed by atoms with Crippen molar-refractivity contribution < 1.29 is 14.7 Å². The molecule has 1 N–H and O–H groups in total. The van der Waals surface area contributed by atoms with Crippen molar-refractivity contribution in [3.63, 3.8) is 0 Å². The van der Waals surface area contributed by atoms with Gasteiger partial charge in [0.25, 0.3) is 0 Å². The number of hydrogen-bond donors (Lipinski definition) is 1. The lowest BCUT2D eigenvalue weighted by molar-refractivity contribution is -0.161. The van der Waals surface area contributed by atoms with Crippen LogP contribution in [0.3, 0.4) is 0 Å². The Kier molecular flexibility index (Phi) is 2.89. The number of hydrogen-bond acceptors (Lipinski definition) is 4. The third kappa shape index (κ3) is 1.76. The molecule has 0 spiro atoms. The SMILES string of the molecule is O=C1C2CN3C(=O)CCCC3C1CN1CC(O)CCC21. The summed E-state index contributed by atoms with van der Waals surface area (Å²) in [6.07, 6.45) is 3.96. The van der Waals surface area contributed by atoms with Crippen LogP contribution in [0.25, 0.3) is 0 Å². The van der Waals surface area contributed by atoms with Crippen LogP contribution in [0.15, 0.2) is 0 Å². The third-order valence-electron chi connectivity index (χ3n) is 5.81.